The topological polar surface area (TPSA) is 163 Å². The van der Waals surface area contributed by atoms with Gasteiger partial charge in [-0.2, -0.15) is 9.78 Å². The predicted molar refractivity (Wildman–Crippen MR) is 123 cm³/mol. The summed E-state index contributed by atoms with van der Waals surface area (Å²) in [6.07, 6.45) is 0. The number of benzene rings is 2. The van der Waals surface area contributed by atoms with E-state index in [-0.39, 0.29) is 11.1 Å². The minimum Gasteiger partial charge on any atom is -0.478 e. The first-order valence-electron chi connectivity index (χ1n) is 10.6. The van der Waals surface area contributed by atoms with Gasteiger partial charge in [0.05, 0.1) is 22.3 Å². The Kier molecular flexibility index (Phi) is 8.34. The van der Waals surface area contributed by atoms with Gasteiger partial charge in [-0.05, 0) is 65.8 Å². The molecule has 0 saturated carbocycles. The number of carbonyl (C=O) groups is 5. The average molecular weight is 502 g/mol. The van der Waals surface area contributed by atoms with Crippen molar-refractivity contribution in [2.24, 2.45) is 0 Å². The number of hydrogen-bond acceptors (Lipinski definition) is 9. The van der Waals surface area contributed by atoms with Crippen molar-refractivity contribution in [3.63, 3.8) is 0 Å². The number of carbonyl (C=O) groups excluding carboxylic acids is 3. The van der Waals surface area contributed by atoms with Crippen molar-refractivity contribution < 1.29 is 53.7 Å². The molecule has 0 fully saturated rings. The molecule has 2 N–H and O–H groups in total. The Hall–Kier alpha value is -4.09. The maximum atomic E-state index is 13.1. The SMILES string of the molecule is CC(C)(C)OOC(=O)c1cc(C(=O)c2ccc(C(=O)O)c(C(=O)OOC(C)(C)C)c2)ccc1C(=O)O. The zero-order valence-corrected chi connectivity index (χ0v) is 20.5. The third-order valence-corrected chi connectivity index (χ3v) is 4.20. The fourth-order valence-electron chi connectivity index (χ4n) is 2.66. The van der Waals surface area contributed by atoms with Crippen LogP contribution in [-0.2, 0) is 19.6 Å². The van der Waals surface area contributed by atoms with Crippen LogP contribution in [0.2, 0.25) is 0 Å². The molecule has 0 aromatic heterocycles. The van der Waals surface area contributed by atoms with Gasteiger partial charge in [-0.1, -0.05) is 12.1 Å². The van der Waals surface area contributed by atoms with Crippen molar-refractivity contribution in [1.82, 2.24) is 0 Å². The number of aromatic carboxylic acids is 2. The second kappa shape index (κ2) is 10.7. The Bertz CT molecular complexity index is 1120. The summed E-state index contributed by atoms with van der Waals surface area (Å²) in [4.78, 5) is 80.6. The van der Waals surface area contributed by atoms with Crippen molar-refractivity contribution >= 4 is 29.7 Å². The molecule has 0 saturated heterocycles. The molecule has 11 heteroatoms. The standard InChI is InChI=1S/C25H26O11/c1-24(2,3)35-33-22(31)17-11-13(7-9-15(17)20(27)28)19(26)14-8-10-16(21(29)30)18(12-14)23(32)34-36-25(4,5)6/h7-12H,1-6H3,(H,27,28)(H,29,30). The van der Waals surface area contributed by atoms with E-state index in [9.17, 15) is 34.2 Å². The molecule has 0 heterocycles. The highest BCUT2D eigenvalue weighted by Gasteiger charge is 2.26. The quantitative estimate of drug-likeness (QED) is 0.304. The molecule has 0 aliphatic heterocycles. The van der Waals surface area contributed by atoms with Gasteiger partial charge in [-0.3, -0.25) is 14.6 Å². The van der Waals surface area contributed by atoms with Crippen LogP contribution in [0, 0.1) is 0 Å². The molecule has 2 rings (SSSR count). The van der Waals surface area contributed by atoms with Crippen molar-refractivity contribution in [2.75, 3.05) is 0 Å². The van der Waals surface area contributed by atoms with Gasteiger partial charge in [0, 0.05) is 11.1 Å². The van der Waals surface area contributed by atoms with E-state index >= 15 is 0 Å². The summed E-state index contributed by atoms with van der Waals surface area (Å²) in [5.74, 6) is -5.89. The lowest BCUT2D eigenvalue weighted by Crippen LogP contribution is -2.23. The molecular formula is C25H26O11. The second-order valence-corrected chi connectivity index (χ2v) is 9.59. The van der Waals surface area contributed by atoms with E-state index in [1.54, 1.807) is 41.5 Å². The van der Waals surface area contributed by atoms with E-state index in [2.05, 4.69) is 0 Å². The van der Waals surface area contributed by atoms with Crippen molar-refractivity contribution in [3.8, 4) is 0 Å². The van der Waals surface area contributed by atoms with E-state index in [0.717, 1.165) is 24.3 Å². The third-order valence-electron chi connectivity index (χ3n) is 4.20. The van der Waals surface area contributed by atoms with E-state index in [1.165, 1.54) is 12.1 Å². The number of rotatable bonds is 8. The summed E-state index contributed by atoms with van der Waals surface area (Å²) in [6.45, 7) is 9.63. The fraction of sp³-hybridized carbons (Fsp3) is 0.320. The Morgan fingerprint density at radius 2 is 0.917 bits per heavy atom. The normalized spacial score (nSPS) is 11.5. The summed E-state index contributed by atoms with van der Waals surface area (Å²) in [7, 11) is 0. The predicted octanol–water partition coefficient (Wildman–Crippen LogP) is 4.09. The molecule has 0 spiro atoms. The summed E-state index contributed by atoms with van der Waals surface area (Å²) in [5.41, 5.74) is -3.76. The minimum atomic E-state index is -1.44. The summed E-state index contributed by atoms with van der Waals surface area (Å²) in [6, 6.07) is 6.43. The van der Waals surface area contributed by atoms with Crippen molar-refractivity contribution in [1.29, 1.82) is 0 Å². The van der Waals surface area contributed by atoms with Gasteiger partial charge < -0.3 is 10.2 Å². The molecule has 2 aromatic carbocycles. The number of carboxylic acid groups (broad SMARTS) is 2. The van der Waals surface area contributed by atoms with Crippen LogP contribution in [-0.4, -0.2) is 51.1 Å². The highest BCUT2D eigenvalue weighted by molar-refractivity contribution is 6.13. The van der Waals surface area contributed by atoms with Crippen LogP contribution >= 0.6 is 0 Å². The molecule has 0 unspecified atom stereocenters. The van der Waals surface area contributed by atoms with Gasteiger partial charge in [0.1, 0.15) is 11.2 Å². The summed E-state index contributed by atoms with van der Waals surface area (Å²) in [5, 5.41) is 18.8. The molecule has 0 radical (unpaired) electrons. The van der Waals surface area contributed by atoms with Gasteiger partial charge in [-0.15, -0.1) is 0 Å². The lowest BCUT2D eigenvalue weighted by atomic mass is 9.95. The van der Waals surface area contributed by atoms with Crippen LogP contribution in [0.3, 0.4) is 0 Å². The maximum absolute atomic E-state index is 13.1. The van der Waals surface area contributed by atoms with E-state index in [0.29, 0.717) is 0 Å². The first kappa shape index (κ1) is 28.1. The number of carboxylic acids is 2. The third kappa shape index (κ3) is 7.45. The van der Waals surface area contributed by atoms with Crippen LogP contribution in [0.15, 0.2) is 36.4 Å². The zero-order valence-electron chi connectivity index (χ0n) is 20.5. The molecule has 0 atom stereocenters. The van der Waals surface area contributed by atoms with Gasteiger partial charge >= 0.3 is 23.9 Å². The summed E-state index contributed by atoms with van der Waals surface area (Å²) >= 11 is 0. The largest absolute Gasteiger partial charge is 0.478 e. The molecular weight excluding hydrogens is 476 g/mol. The summed E-state index contributed by atoms with van der Waals surface area (Å²) < 4.78 is 0. The van der Waals surface area contributed by atoms with E-state index < -0.39 is 63.1 Å². The van der Waals surface area contributed by atoms with Crippen molar-refractivity contribution in [3.05, 3.63) is 69.8 Å². The van der Waals surface area contributed by atoms with Gasteiger partial charge in [0.15, 0.2) is 5.78 Å². The highest BCUT2D eigenvalue weighted by atomic mass is 17.2. The molecule has 192 valence electrons. The van der Waals surface area contributed by atoms with Crippen LogP contribution in [0.4, 0.5) is 0 Å². The van der Waals surface area contributed by atoms with Crippen LogP contribution < -0.4 is 0 Å². The molecule has 0 aliphatic rings. The van der Waals surface area contributed by atoms with Crippen LogP contribution in [0.25, 0.3) is 0 Å². The molecule has 2 aromatic rings. The number of ketones is 1. The molecule has 0 bridgehead atoms. The van der Waals surface area contributed by atoms with Crippen molar-refractivity contribution in [2.45, 2.75) is 52.7 Å². The van der Waals surface area contributed by atoms with E-state index in [1.807, 2.05) is 0 Å². The number of hydrogen-bond donors (Lipinski definition) is 2. The van der Waals surface area contributed by atoms with Crippen LogP contribution in [0.1, 0.15) is 98.9 Å². The Labute approximate surface area is 206 Å². The van der Waals surface area contributed by atoms with Crippen LogP contribution in [0.5, 0.6) is 0 Å². The fourth-order valence-corrected chi connectivity index (χ4v) is 2.66. The van der Waals surface area contributed by atoms with E-state index in [4.69, 9.17) is 19.6 Å². The first-order valence-corrected chi connectivity index (χ1v) is 10.6. The molecule has 36 heavy (non-hydrogen) atoms. The molecule has 0 amide bonds. The van der Waals surface area contributed by atoms with Gasteiger partial charge in [0.25, 0.3) is 0 Å². The second-order valence-electron chi connectivity index (χ2n) is 9.59. The maximum Gasteiger partial charge on any atom is 0.374 e. The Morgan fingerprint density at radius 1 is 0.583 bits per heavy atom. The van der Waals surface area contributed by atoms with Gasteiger partial charge in [-0.25, -0.2) is 19.2 Å². The van der Waals surface area contributed by atoms with Gasteiger partial charge in [0.2, 0.25) is 0 Å². The monoisotopic (exact) mass is 502 g/mol. The molecule has 11 nitrogen and oxygen atoms in total. The zero-order chi connectivity index (χ0) is 27.4. The first-order chi connectivity index (χ1) is 16.5. The molecule has 0 aliphatic carbocycles. The lowest BCUT2D eigenvalue weighted by molar-refractivity contribution is -0.301. The Balaban J connectivity index is 2.48. The average Bonchev–Trinajstić information content (AvgIpc) is 2.78. The highest BCUT2D eigenvalue weighted by Crippen LogP contribution is 2.22. The minimum absolute atomic E-state index is 0.129. The Morgan fingerprint density at radius 3 is 1.19 bits per heavy atom. The lowest BCUT2D eigenvalue weighted by Gasteiger charge is -2.17. The smallest absolute Gasteiger partial charge is 0.374 e.